The topological polar surface area (TPSA) is 45.1 Å². The molecule has 1 aromatic heterocycles. The summed E-state index contributed by atoms with van der Waals surface area (Å²) in [6.45, 7) is 1.80. The van der Waals surface area contributed by atoms with E-state index in [0.29, 0.717) is 5.92 Å². The Bertz CT molecular complexity index is 617. The van der Waals surface area contributed by atoms with Gasteiger partial charge in [0.2, 0.25) is 0 Å². The Hall–Kier alpha value is -0.970. The summed E-state index contributed by atoms with van der Waals surface area (Å²) in [5.41, 5.74) is 2.29. The molecule has 3 nitrogen and oxygen atoms in total. The average Bonchev–Trinajstić information content (AvgIpc) is 2.50. The molecule has 21 heavy (non-hydrogen) atoms. The second-order valence-corrected chi connectivity index (χ2v) is 6.78. The molecule has 2 unspecified atom stereocenters. The molecule has 0 spiro atoms. The molecule has 0 bridgehead atoms. The fourth-order valence-corrected chi connectivity index (χ4v) is 3.65. The van der Waals surface area contributed by atoms with Crippen molar-refractivity contribution in [3.63, 3.8) is 0 Å². The molecular formula is C17H21BrN2O. The number of hydrogen-bond acceptors (Lipinski definition) is 3. The van der Waals surface area contributed by atoms with Gasteiger partial charge in [0, 0.05) is 22.6 Å². The van der Waals surface area contributed by atoms with Crippen molar-refractivity contribution in [2.45, 2.75) is 38.3 Å². The number of nitrogens with zero attached hydrogens (tertiary/aromatic N) is 1. The Kier molecular flexibility index (Phi) is 4.88. The summed E-state index contributed by atoms with van der Waals surface area (Å²) in [7, 11) is 0. The average molecular weight is 349 g/mol. The van der Waals surface area contributed by atoms with Gasteiger partial charge in [-0.05, 0) is 49.4 Å². The number of aliphatic hydroxyl groups excluding tert-OH is 1. The third-order valence-corrected chi connectivity index (χ3v) is 5.00. The van der Waals surface area contributed by atoms with Gasteiger partial charge >= 0.3 is 0 Å². The van der Waals surface area contributed by atoms with Crippen LogP contribution in [0.15, 0.2) is 34.9 Å². The SMILES string of the molecule is OC1CCCC(CNCc2ccc(Br)c3cccnc23)C1. The minimum absolute atomic E-state index is 0.0965. The number of hydrogen-bond donors (Lipinski definition) is 2. The summed E-state index contributed by atoms with van der Waals surface area (Å²) in [5.74, 6) is 0.600. The number of fused-ring (bicyclic) bond motifs is 1. The summed E-state index contributed by atoms with van der Waals surface area (Å²) >= 11 is 3.58. The quantitative estimate of drug-likeness (QED) is 0.886. The van der Waals surface area contributed by atoms with Gasteiger partial charge in [0.25, 0.3) is 0 Å². The molecule has 2 aromatic rings. The molecule has 2 N–H and O–H groups in total. The van der Waals surface area contributed by atoms with Crippen molar-refractivity contribution in [3.8, 4) is 0 Å². The van der Waals surface area contributed by atoms with E-state index in [1.807, 2.05) is 12.3 Å². The van der Waals surface area contributed by atoms with Crippen molar-refractivity contribution in [2.24, 2.45) is 5.92 Å². The zero-order valence-corrected chi connectivity index (χ0v) is 13.6. The minimum Gasteiger partial charge on any atom is -0.393 e. The Balaban J connectivity index is 1.64. The number of halogens is 1. The Morgan fingerprint density at radius 3 is 3.05 bits per heavy atom. The molecule has 1 fully saturated rings. The first-order valence-corrected chi connectivity index (χ1v) is 8.44. The first-order valence-electron chi connectivity index (χ1n) is 7.65. The fraction of sp³-hybridized carbons (Fsp3) is 0.471. The first kappa shape index (κ1) is 14.9. The largest absolute Gasteiger partial charge is 0.393 e. The van der Waals surface area contributed by atoms with Gasteiger partial charge in [-0.25, -0.2) is 0 Å². The van der Waals surface area contributed by atoms with Crippen LogP contribution in [0.1, 0.15) is 31.2 Å². The normalized spacial score (nSPS) is 22.6. The molecule has 1 aliphatic carbocycles. The summed E-state index contributed by atoms with van der Waals surface area (Å²) < 4.78 is 1.09. The molecule has 0 radical (unpaired) electrons. The van der Waals surface area contributed by atoms with Gasteiger partial charge in [0.15, 0.2) is 0 Å². The second-order valence-electron chi connectivity index (χ2n) is 5.92. The lowest BCUT2D eigenvalue weighted by molar-refractivity contribution is 0.101. The summed E-state index contributed by atoms with van der Waals surface area (Å²) in [6, 6.07) is 8.27. The van der Waals surface area contributed by atoms with Crippen LogP contribution in [0.2, 0.25) is 0 Å². The highest BCUT2D eigenvalue weighted by atomic mass is 79.9. The molecule has 0 aliphatic heterocycles. The number of rotatable bonds is 4. The zero-order chi connectivity index (χ0) is 14.7. The smallest absolute Gasteiger partial charge is 0.0758 e. The summed E-state index contributed by atoms with van der Waals surface area (Å²) in [4.78, 5) is 4.51. The Morgan fingerprint density at radius 1 is 1.29 bits per heavy atom. The number of nitrogens with one attached hydrogen (secondary N) is 1. The van der Waals surface area contributed by atoms with Gasteiger partial charge in [-0.3, -0.25) is 4.98 Å². The molecular weight excluding hydrogens is 328 g/mol. The molecule has 112 valence electrons. The fourth-order valence-electron chi connectivity index (χ4n) is 3.20. The number of pyridine rings is 1. The predicted octanol–water partition coefficient (Wildman–Crippen LogP) is 3.64. The molecule has 1 aliphatic rings. The van der Waals surface area contributed by atoms with Crippen LogP contribution in [0.25, 0.3) is 10.9 Å². The van der Waals surface area contributed by atoms with E-state index in [-0.39, 0.29) is 6.10 Å². The molecule has 2 atom stereocenters. The molecule has 0 saturated heterocycles. The van der Waals surface area contributed by atoms with Gasteiger partial charge in [0.05, 0.1) is 11.6 Å². The van der Waals surface area contributed by atoms with Crippen LogP contribution in [-0.2, 0) is 6.54 Å². The lowest BCUT2D eigenvalue weighted by Gasteiger charge is -2.26. The molecule has 1 heterocycles. The lowest BCUT2D eigenvalue weighted by Crippen LogP contribution is -2.29. The predicted molar refractivity (Wildman–Crippen MR) is 89.1 cm³/mol. The second kappa shape index (κ2) is 6.86. The standard InChI is InChI=1S/C17H21BrN2O/c18-16-7-6-13(17-15(16)5-2-8-20-17)11-19-10-12-3-1-4-14(21)9-12/h2,5-8,12,14,19,21H,1,3-4,9-11H2. The van der Waals surface area contributed by atoms with Crippen LogP contribution in [0.4, 0.5) is 0 Å². The number of benzene rings is 1. The van der Waals surface area contributed by atoms with Gasteiger partial charge in [0.1, 0.15) is 0 Å². The van der Waals surface area contributed by atoms with E-state index in [0.717, 1.165) is 47.7 Å². The molecule has 1 aromatic carbocycles. The van der Waals surface area contributed by atoms with E-state index >= 15 is 0 Å². The highest BCUT2D eigenvalue weighted by molar-refractivity contribution is 9.10. The summed E-state index contributed by atoms with van der Waals surface area (Å²) in [6.07, 6.45) is 6.03. The maximum absolute atomic E-state index is 9.72. The van der Waals surface area contributed by atoms with Gasteiger partial charge in [-0.15, -0.1) is 0 Å². The van der Waals surface area contributed by atoms with E-state index in [1.54, 1.807) is 0 Å². The number of aromatic nitrogens is 1. The minimum atomic E-state index is -0.0965. The lowest BCUT2D eigenvalue weighted by atomic mass is 9.87. The van der Waals surface area contributed by atoms with E-state index in [1.165, 1.54) is 12.0 Å². The molecule has 0 amide bonds. The van der Waals surface area contributed by atoms with Crippen LogP contribution < -0.4 is 5.32 Å². The first-order chi connectivity index (χ1) is 10.2. The maximum atomic E-state index is 9.72. The van der Waals surface area contributed by atoms with Crippen molar-refractivity contribution in [1.29, 1.82) is 0 Å². The summed E-state index contributed by atoms with van der Waals surface area (Å²) in [5, 5.41) is 14.4. The molecule has 4 heteroatoms. The van der Waals surface area contributed by atoms with Gasteiger partial charge in [-0.2, -0.15) is 0 Å². The van der Waals surface area contributed by atoms with Crippen LogP contribution in [0.5, 0.6) is 0 Å². The van der Waals surface area contributed by atoms with Crippen LogP contribution in [0.3, 0.4) is 0 Å². The Morgan fingerprint density at radius 2 is 2.19 bits per heavy atom. The highest BCUT2D eigenvalue weighted by Crippen LogP contribution is 2.26. The maximum Gasteiger partial charge on any atom is 0.0758 e. The van der Waals surface area contributed by atoms with Crippen molar-refractivity contribution in [2.75, 3.05) is 6.54 Å². The third-order valence-electron chi connectivity index (χ3n) is 4.30. The van der Waals surface area contributed by atoms with Crippen molar-refractivity contribution in [1.82, 2.24) is 10.3 Å². The Labute approximate surface area is 133 Å². The molecule has 1 saturated carbocycles. The van der Waals surface area contributed by atoms with Gasteiger partial charge in [-0.1, -0.05) is 34.5 Å². The van der Waals surface area contributed by atoms with Crippen molar-refractivity contribution >= 4 is 26.8 Å². The highest BCUT2D eigenvalue weighted by Gasteiger charge is 2.19. The van der Waals surface area contributed by atoms with E-state index in [9.17, 15) is 5.11 Å². The van der Waals surface area contributed by atoms with E-state index < -0.39 is 0 Å². The third kappa shape index (κ3) is 3.62. The van der Waals surface area contributed by atoms with Gasteiger partial charge < -0.3 is 10.4 Å². The van der Waals surface area contributed by atoms with Crippen molar-refractivity contribution in [3.05, 3.63) is 40.5 Å². The number of aliphatic hydroxyl groups is 1. The van der Waals surface area contributed by atoms with E-state index in [2.05, 4.69) is 44.4 Å². The van der Waals surface area contributed by atoms with Crippen LogP contribution >= 0.6 is 15.9 Å². The monoisotopic (exact) mass is 348 g/mol. The molecule has 3 rings (SSSR count). The van der Waals surface area contributed by atoms with Crippen LogP contribution in [0, 0.1) is 5.92 Å². The van der Waals surface area contributed by atoms with E-state index in [4.69, 9.17) is 0 Å². The zero-order valence-electron chi connectivity index (χ0n) is 12.1. The van der Waals surface area contributed by atoms with Crippen molar-refractivity contribution < 1.29 is 5.11 Å². The van der Waals surface area contributed by atoms with Crippen LogP contribution in [-0.4, -0.2) is 22.7 Å².